The molecule has 2 aromatic rings. The second-order valence-electron chi connectivity index (χ2n) is 9.86. The van der Waals surface area contributed by atoms with Crippen LogP contribution in [0.15, 0.2) is 54.6 Å². The number of rotatable bonds is 6. The largest absolute Gasteiger partial charge is 0.292 e. The van der Waals surface area contributed by atoms with Crippen molar-refractivity contribution in [2.24, 2.45) is 35.5 Å². The van der Waals surface area contributed by atoms with E-state index in [1.165, 1.54) is 36.4 Å². The molecular weight excluding hydrogens is 521 g/mol. The average Bonchev–Trinajstić information content (AvgIpc) is 3.66. The Morgan fingerprint density at radius 3 is 2.24 bits per heavy atom. The number of benzene rings is 2. The highest BCUT2D eigenvalue weighted by Crippen LogP contribution is 2.65. The van der Waals surface area contributed by atoms with Gasteiger partial charge in [0.15, 0.2) is 5.78 Å². The highest BCUT2D eigenvalue weighted by molar-refractivity contribution is 6.36. The Hall–Kier alpha value is -3.56. The predicted octanol–water partition coefficient (Wildman–Crippen LogP) is 4.19. The van der Waals surface area contributed by atoms with E-state index < -0.39 is 46.8 Å². The number of imide groups is 1. The van der Waals surface area contributed by atoms with Gasteiger partial charge < -0.3 is 0 Å². The Kier molecular flexibility index (Phi) is 5.47. The van der Waals surface area contributed by atoms with Gasteiger partial charge in [0.25, 0.3) is 23.4 Å². The number of ketones is 1. The van der Waals surface area contributed by atoms with Crippen molar-refractivity contribution in [1.29, 1.82) is 0 Å². The number of hydrogen-bond acceptors (Lipinski definition) is 6. The van der Waals surface area contributed by atoms with Crippen LogP contribution in [0.3, 0.4) is 0 Å². The zero-order valence-electron chi connectivity index (χ0n) is 19.1. The Morgan fingerprint density at radius 2 is 1.65 bits per heavy atom. The average molecular weight is 540 g/mol. The van der Waals surface area contributed by atoms with E-state index in [0.29, 0.717) is 11.8 Å². The van der Waals surface area contributed by atoms with Crippen molar-refractivity contribution in [3.63, 3.8) is 0 Å². The quantitative estimate of drug-likeness (QED) is 0.178. The lowest BCUT2D eigenvalue weighted by atomic mass is 9.63. The fourth-order valence-corrected chi connectivity index (χ4v) is 6.72. The molecule has 5 aliphatic rings. The number of carbonyl (C=O) groups is 4. The van der Waals surface area contributed by atoms with Crippen molar-refractivity contribution in [2.75, 3.05) is 6.54 Å². The Bertz CT molecular complexity index is 1410. The molecule has 3 amide bonds. The van der Waals surface area contributed by atoms with Gasteiger partial charge in [0, 0.05) is 22.7 Å². The summed E-state index contributed by atoms with van der Waals surface area (Å²) in [5.41, 5.74) is -0.378. The van der Waals surface area contributed by atoms with Gasteiger partial charge in [0.05, 0.1) is 27.3 Å². The van der Waals surface area contributed by atoms with Crippen LogP contribution in [0.2, 0.25) is 10.0 Å². The molecule has 2 saturated carbocycles. The first-order chi connectivity index (χ1) is 17.7. The molecule has 6 atom stereocenters. The molecule has 4 aliphatic carbocycles. The van der Waals surface area contributed by atoms with Crippen LogP contribution in [0, 0.1) is 45.6 Å². The van der Waals surface area contributed by atoms with E-state index in [1.54, 1.807) is 0 Å². The number of halogens is 2. The van der Waals surface area contributed by atoms with Crippen LogP contribution in [0.1, 0.15) is 27.1 Å². The third-order valence-corrected chi connectivity index (χ3v) is 8.50. The number of carbonyl (C=O) groups excluding carboxylic acids is 4. The molecule has 188 valence electrons. The minimum absolute atomic E-state index is 0.00945. The molecule has 7 rings (SSSR count). The molecule has 2 bridgehead atoms. The predicted molar refractivity (Wildman–Crippen MR) is 131 cm³/mol. The maximum Gasteiger partial charge on any atom is 0.274 e. The van der Waals surface area contributed by atoms with Gasteiger partial charge in [-0.1, -0.05) is 47.5 Å². The summed E-state index contributed by atoms with van der Waals surface area (Å²) in [5.74, 6) is -3.17. The smallest absolute Gasteiger partial charge is 0.274 e. The molecule has 1 heterocycles. The van der Waals surface area contributed by atoms with Crippen LogP contribution in [0.4, 0.5) is 5.69 Å². The lowest BCUT2D eigenvalue weighted by Crippen LogP contribution is -2.52. The zero-order chi connectivity index (χ0) is 26.2. The topological polar surface area (TPSA) is 118 Å². The fourth-order valence-electron chi connectivity index (χ4n) is 6.23. The molecule has 1 aliphatic heterocycles. The van der Waals surface area contributed by atoms with Crippen molar-refractivity contribution in [3.8, 4) is 0 Å². The van der Waals surface area contributed by atoms with Crippen LogP contribution in [0.25, 0.3) is 0 Å². The molecule has 0 N–H and O–H groups in total. The molecule has 0 unspecified atom stereocenters. The molecule has 37 heavy (non-hydrogen) atoms. The van der Waals surface area contributed by atoms with Crippen molar-refractivity contribution < 1.29 is 24.1 Å². The number of non-ortho nitro benzene ring substituents is 1. The third-order valence-electron chi connectivity index (χ3n) is 7.95. The lowest BCUT2D eigenvalue weighted by Gasteiger charge is -2.37. The van der Waals surface area contributed by atoms with Crippen molar-refractivity contribution in [2.45, 2.75) is 6.42 Å². The number of nitrogens with zero attached hydrogens (tertiary/aromatic N) is 3. The van der Waals surface area contributed by atoms with Crippen molar-refractivity contribution in [3.05, 3.63) is 85.9 Å². The third kappa shape index (κ3) is 3.67. The minimum Gasteiger partial charge on any atom is -0.292 e. The standard InChI is InChI=1S/C26H19Cl2N3O6/c27-13-4-5-17(20(28)9-13)24(33)29(11-21(32)12-2-1-3-14(8-12)31(36)37)30-25(34)22-15-6-7-16(19-10-18(15)19)23(22)26(30)35/h1-9,15-16,18-19,22-23H,10-11H2/t15-,16-,18-,19-,22-,23+/m0/s1. The first-order valence-electron chi connectivity index (χ1n) is 11.8. The molecule has 0 radical (unpaired) electrons. The van der Waals surface area contributed by atoms with Crippen LogP contribution < -0.4 is 0 Å². The summed E-state index contributed by atoms with van der Waals surface area (Å²) in [7, 11) is 0. The van der Waals surface area contributed by atoms with E-state index in [1.807, 2.05) is 12.2 Å². The molecular formula is C26H19Cl2N3O6. The maximum atomic E-state index is 13.7. The second-order valence-corrected chi connectivity index (χ2v) is 10.7. The highest BCUT2D eigenvalue weighted by Gasteiger charge is 2.68. The van der Waals surface area contributed by atoms with Gasteiger partial charge in [-0.2, -0.15) is 5.01 Å². The summed E-state index contributed by atoms with van der Waals surface area (Å²) in [6.07, 6.45) is 4.99. The van der Waals surface area contributed by atoms with Crippen LogP contribution in [-0.4, -0.2) is 45.0 Å². The summed E-state index contributed by atoms with van der Waals surface area (Å²) >= 11 is 12.2. The van der Waals surface area contributed by atoms with E-state index in [4.69, 9.17) is 23.2 Å². The number of Topliss-reactive ketones (excluding diaryl/α,β-unsaturated/α-hetero) is 1. The number of amides is 3. The number of allylic oxidation sites excluding steroid dienone is 2. The minimum atomic E-state index is -0.828. The SMILES string of the molecule is O=C(CN(C(=O)c1ccc(Cl)cc1Cl)N1C(=O)[C@@H]2[C@H]3C=C[C@@H]([C@@H]4C[C@@H]34)[C@@H]2C1=O)c1cccc([N+](=O)[O-])c1. The number of hydrazine groups is 1. The van der Waals surface area contributed by atoms with Crippen LogP contribution >= 0.6 is 23.2 Å². The van der Waals surface area contributed by atoms with Gasteiger partial charge in [-0.15, -0.1) is 0 Å². The molecule has 3 fully saturated rings. The highest BCUT2D eigenvalue weighted by atomic mass is 35.5. The molecule has 1 saturated heterocycles. The second kappa shape index (κ2) is 8.49. The summed E-state index contributed by atoms with van der Waals surface area (Å²) in [4.78, 5) is 65.0. The lowest BCUT2D eigenvalue weighted by molar-refractivity contribution is -0.384. The molecule has 11 heteroatoms. The van der Waals surface area contributed by atoms with Gasteiger partial charge in [0.1, 0.15) is 6.54 Å². The summed E-state index contributed by atoms with van der Waals surface area (Å²) in [6.45, 7) is -0.689. The maximum absolute atomic E-state index is 13.7. The fraction of sp³-hybridized carbons (Fsp3) is 0.308. The Labute approximate surface area is 220 Å². The van der Waals surface area contributed by atoms with E-state index in [2.05, 4.69) is 0 Å². The first-order valence-corrected chi connectivity index (χ1v) is 12.5. The van der Waals surface area contributed by atoms with E-state index in [0.717, 1.165) is 22.5 Å². The van der Waals surface area contributed by atoms with Gasteiger partial charge in [-0.3, -0.25) is 29.3 Å². The van der Waals surface area contributed by atoms with E-state index >= 15 is 0 Å². The summed E-state index contributed by atoms with van der Waals surface area (Å²) in [6, 6.07) is 9.19. The summed E-state index contributed by atoms with van der Waals surface area (Å²) in [5, 5.41) is 13.1. The van der Waals surface area contributed by atoms with Crippen LogP contribution in [-0.2, 0) is 9.59 Å². The Balaban J connectivity index is 1.38. The monoisotopic (exact) mass is 539 g/mol. The first kappa shape index (κ1) is 23.8. The van der Waals surface area contributed by atoms with Crippen molar-refractivity contribution in [1.82, 2.24) is 10.0 Å². The molecule has 0 aromatic heterocycles. The molecule has 2 aromatic carbocycles. The molecule has 9 nitrogen and oxygen atoms in total. The summed E-state index contributed by atoms with van der Waals surface area (Å²) < 4.78 is 0. The molecule has 0 spiro atoms. The van der Waals surface area contributed by atoms with Crippen molar-refractivity contribution >= 4 is 52.4 Å². The van der Waals surface area contributed by atoms with E-state index in [-0.39, 0.29) is 38.7 Å². The zero-order valence-corrected chi connectivity index (χ0v) is 20.6. The van der Waals surface area contributed by atoms with Gasteiger partial charge in [-0.25, -0.2) is 5.01 Å². The van der Waals surface area contributed by atoms with Gasteiger partial charge in [0.2, 0.25) is 0 Å². The Morgan fingerprint density at radius 1 is 1.00 bits per heavy atom. The normalized spacial score (nSPS) is 28.6. The number of hydrogen-bond donors (Lipinski definition) is 0. The van der Waals surface area contributed by atoms with Gasteiger partial charge in [-0.05, 0) is 48.3 Å². The van der Waals surface area contributed by atoms with E-state index in [9.17, 15) is 29.3 Å². The number of nitro groups is 1. The van der Waals surface area contributed by atoms with Gasteiger partial charge >= 0.3 is 0 Å². The van der Waals surface area contributed by atoms with Crippen LogP contribution in [0.5, 0.6) is 0 Å². The number of nitro benzene ring substituents is 1.